The molecule has 5 nitrogen and oxygen atoms in total. The van der Waals surface area contributed by atoms with Crippen LogP contribution in [0.4, 0.5) is 0 Å². The predicted molar refractivity (Wildman–Crippen MR) is 72.0 cm³/mol. The van der Waals surface area contributed by atoms with E-state index in [-0.39, 0.29) is 12.1 Å². The third kappa shape index (κ3) is 2.71. The van der Waals surface area contributed by atoms with E-state index in [0.29, 0.717) is 25.6 Å². The largest absolute Gasteiger partial charge is 0.315 e. The lowest BCUT2D eigenvalue weighted by atomic mass is 9.99. The van der Waals surface area contributed by atoms with Gasteiger partial charge in [-0.25, -0.2) is 0 Å². The molecular weight excluding hydrogens is 250 g/mol. The lowest BCUT2D eigenvalue weighted by molar-refractivity contribution is 0.170. The van der Waals surface area contributed by atoms with Gasteiger partial charge in [-0.05, 0) is 37.5 Å². The lowest BCUT2D eigenvalue weighted by Gasteiger charge is -2.41. The second-order valence-electron chi connectivity index (χ2n) is 5.83. The molecule has 0 amide bonds. The fraction of sp³-hybridized carbons (Fsp3) is 1.00. The molecule has 2 aliphatic rings. The number of hydrogen-bond donors (Lipinski definition) is 1. The van der Waals surface area contributed by atoms with Gasteiger partial charge in [-0.15, -0.1) is 0 Å². The Balaban J connectivity index is 2.14. The SMILES string of the molecule is CC1CCCN(S(=O)(=O)N2CCCC(C)C2N)C1. The normalized spacial score (nSPS) is 36.7. The van der Waals surface area contributed by atoms with Crippen LogP contribution < -0.4 is 5.73 Å². The molecule has 0 aromatic heterocycles. The Morgan fingerprint density at radius 1 is 1.11 bits per heavy atom. The first-order chi connectivity index (χ1) is 8.43. The molecular formula is C12H25N3O2S. The Bertz CT molecular complexity index is 385. The molecule has 0 aromatic rings. The average molecular weight is 275 g/mol. The van der Waals surface area contributed by atoms with Gasteiger partial charge in [0, 0.05) is 19.6 Å². The molecule has 106 valence electrons. The molecule has 2 fully saturated rings. The molecule has 0 spiro atoms. The molecule has 18 heavy (non-hydrogen) atoms. The molecule has 2 N–H and O–H groups in total. The Kier molecular flexibility index (Phi) is 4.31. The minimum absolute atomic E-state index is 0.246. The summed E-state index contributed by atoms with van der Waals surface area (Å²) in [6, 6.07) is 0. The van der Waals surface area contributed by atoms with Crippen molar-refractivity contribution in [3.8, 4) is 0 Å². The van der Waals surface area contributed by atoms with Gasteiger partial charge in [-0.2, -0.15) is 17.0 Å². The second kappa shape index (κ2) is 5.45. The fourth-order valence-corrected chi connectivity index (χ4v) is 4.92. The third-order valence-electron chi connectivity index (χ3n) is 4.20. The van der Waals surface area contributed by atoms with Crippen molar-refractivity contribution in [3.05, 3.63) is 0 Å². The number of piperidine rings is 2. The van der Waals surface area contributed by atoms with Crippen LogP contribution in [0.3, 0.4) is 0 Å². The summed E-state index contributed by atoms with van der Waals surface area (Å²) in [6.45, 7) is 5.99. The molecule has 2 heterocycles. The van der Waals surface area contributed by atoms with Crippen LogP contribution in [-0.2, 0) is 10.2 Å². The van der Waals surface area contributed by atoms with Gasteiger partial charge in [0.2, 0.25) is 0 Å². The molecule has 0 radical (unpaired) electrons. The van der Waals surface area contributed by atoms with E-state index in [0.717, 1.165) is 25.7 Å². The van der Waals surface area contributed by atoms with E-state index in [4.69, 9.17) is 5.73 Å². The van der Waals surface area contributed by atoms with E-state index in [1.165, 1.54) is 4.31 Å². The van der Waals surface area contributed by atoms with Crippen molar-refractivity contribution in [1.82, 2.24) is 8.61 Å². The summed E-state index contributed by atoms with van der Waals surface area (Å²) in [5.74, 6) is 0.697. The zero-order valence-electron chi connectivity index (χ0n) is 11.4. The minimum Gasteiger partial charge on any atom is -0.315 e. The van der Waals surface area contributed by atoms with Crippen LogP contribution in [0, 0.1) is 11.8 Å². The van der Waals surface area contributed by atoms with Crippen LogP contribution in [0.2, 0.25) is 0 Å². The first-order valence-corrected chi connectivity index (χ1v) is 8.35. The number of nitrogens with two attached hydrogens (primary N) is 1. The van der Waals surface area contributed by atoms with Crippen molar-refractivity contribution < 1.29 is 8.42 Å². The topological polar surface area (TPSA) is 66.6 Å². The monoisotopic (exact) mass is 275 g/mol. The minimum atomic E-state index is -3.36. The molecule has 2 rings (SSSR count). The van der Waals surface area contributed by atoms with Crippen molar-refractivity contribution >= 4 is 10.2 Å². The molecule has 2 saturated heterocycles. The average Bonchev–Trinajstić information content (AvgIpc) is 2.32. The van der Waals surface area contributed by atoms with Gasteiger partial charge < -0.3 is 5.73 Å². The van der Waals surface area contributed by atoms with Gasteiger partial charge in [0.1, 0.15) is 0 Å². The molecule has 0 aliphatic carbocycles. The summed E-state index contributed by atoms with van der Waals surface area (Å²) in [5.41, 5.74) is 6.07. The summed E-state index contributed by atoms with van der Waals surface area (Å²) < 4.78 is 28.4. The predicted octanol–water partition coefficient (Wildman–Crippen LogP) is 0.980. The van der Waals surface area contributed by atoms with Crippen LogP contribution in [0.1, 0.15) is 39.5 Å². The summed E-state index contributed by atoms with van der Waals surface area (Å²) >= 11 is 0. The van der Waals surface area contributed by atoms with Gasteiger partial charge in [0.25, 0.3) is 10.2 Å². The van der Waals surface area contributed by atoms with Gasteiger partial charge in [0.05, 0.1) is 6.17 Å². The maximum Gasteiger partial charge on any atom is 0.283 e. The summed E-state index contributed by atoms with van der Waals surface area (Å²) in [4.78, 5) is 0. The Hall–Kier alpha value is -0.170. The highest BCUT2D eigenvalue weighted by atomic mass is 32.2. The standard InChI is InChI=1S/C12H25N3O2S/c1-10-5-3-7-14(9-10)18(16,17)15-8-4-6-11(2)12(15)13/h10-12H,3-9,13H2,1-2H3. The van der Waals surface area contributed by atoms with E-state index in [9.17, 15) is 8.42 Å². The molecule has 6 heteroatoms. The van der Waals surface area contributed by atoms with E-state index < -0.39 is 10.2 Å². The molecule has 0 bridgehead atoms. The Morgan fingerprint density at radius 2 is 1.78 bits per heavy atom. The molecule has 3 atom stereocenters. The quantitative estimate of drug-likeness (QED) is 0.817. The number of hydrogen-bond acceptors (Lipinski definition) is 3. The zero-order chi connectivity index (χ0) is 13.3. The molecule has 3 unspecified atom stereocenters. The van der Waals surface area contributed by atoms with Crippen molar-refractivity contribution in [2.45, 2.75) is 45.7 Å². The van der Waals surface area contributed by atoms with Gasteiger partial charge in [0.15, 0.2) is 0 Å². The number of rotatable bonds is 2. The summed E-state index contributed by atoms with van der Waals surface area (Å²) in [6.07, 6.45) is 3.65. The van der Waals surface area contributed by atoms with Crippen molar-refractivity contribution in [3.63, 3.8) is 0 Å². The van der Waals surface area contributed by atoms with E-state index in [1.807, 2.05) is 6.92 Å². The maximum atomic E-state index is 12.6. The van der Waals surface area contributed by atoms with Crippen molar-refractivity contribution in [2.24, 2.45) is 17.6 Å². The zero-order valence-corrected chi connectivity index (χ0v) is 12.2. The van der Waals surface area contributed by atoms with E-state index in [1.54, 1.807) is 4.31 Å². The van der Waals surface area contributed by atoms with Gasteiger partial charge in [-0.3, -0.25) is 0 Å². The first-order valence-electron chi connectivity index (χ1n) is 6.95. The van der Waals surface area contributed by atoms with Crippen LogP contribution in [-0.4, -0.2) is 42.8 Å². The van der Waals surface area contributed by atoms with E-state index in [2.05, 4.69) is 6.92 Å². The van der Waals surface area contributed by atoms with E-state index >= 15 is 0 Å². The van der Waals surface area contributed by atoms with Gasteiger partial charge >= 0.3 is 0 Å². The van der Waals surface area contributed by atoms with Crippen LogP contribution in [0.25, 0.3) is 0 Å². The van der Waals surface area contributed by atoms with Crippen LogP contribution in [0.5, 0.6) is 0 Å². The Labute approximate surface area is 110 Å². The summed E-state index contributed by atoms with van der Waals surface area (Å²) in [5, 5.41) is 0. The second-order valence-corrected chi connectivity index (χ2v) is 7.72. The Morgan fingerprint density at radius 3 is 2.44 bits per heavy atom. The van der Waals surface area contributed by atoms with Crippen LogP contribution in [0.15, 0.2) is 0 Å². The highest BCUT2D eigenvalue weighted by Gasteiger charge is 2.38. The maximum absolute atomic E-state index is 12.6. The fourth-order valence-electron chi connectivity index (χ4n) is 2.95. The number of nitrogens with zero attached hydrogens (tertiary/aromatic N) is 2. The van der Waals surface area contributed by atoms with Crippen LogP contribution >= 0.6 is 0 Å². The highest BCUT2D eigenvalue weighted by molar-refractivity contribution is 7.86. The van der Waals surface area contributed by atoms with Crippen molar-refractivity contribution in [1.29, 1.82) is 0 Å². The first kappa shape index (κ1) is 14.2. The third-order valence-corrected chi connectivity index (χ3v) is 6.20. The van der Waals surface area contributed by atoms with Crippen molar-refractivity contribution in [2.75, 3.05) is 19.6 Å². The smallest absolute Gasteiger partial charge is 0.283 e. The molecule has 0 saturated carbocycles. The molecule has 2 aliphatic heterocycles. The lowest BCUT2D eigenvalue weighted by Crippen LogP contribution is -2.57. The molecule has 0 aromatic carbocycles. The van der Waals surface area contributed by atoms with Gasteiger partial charge in [-0.1, -0.05) is 13.8 Å². The highest BCUT2D eigenvalue weighted by Crippen LogP contribution is 2.27. The summed E-state index contributed by atoms with van der Waals surface area (Å²) in [7, 11) is -3.36.